The Morgan fingerprint density at radius 2 is 1.98 bits per heavy atom. The zero-order valence-electron chi connectivity index (χ0n) is 22.6. The fourth-order valence-electron chi connectivity index (χ4n) is 6.06. The Morgan fingerprint density at radius 3 is 2.67 bits per heavy atom. The van der Waals surface area contributed by atoms with E-state index in [0.29, 0.717) is 18.5 Å². The molecular formula is C30H31F2N5O3. The number of halogens is 2. The summed E-state index contributed by atoms with van der Waals surface area (Å²) in [4.78, 5) is 47.0. The second kappa shape index (κ2) is 10.4. The molecule has 3 aromatic rings. The zero-order chi connectivity index (χ0) is 28.8. The Kier molecular flexibility index (Phi) is 7.08. The number of nitrogens with zero attached hydrogens (tertiary/aromatic N) is 3. The number of benzene rings is 2. The van der Waals surface area contributed by atoms with Crippen LogP contribution in [0.15, 0.2) is 42.5 Å². The topological polar surface area (TPSA) is 109 Å². The third-order valence-electron chi connectivity index (χ3n) is 7.88. The van der Waals surface area contributed by atoms with Crippen molar-refractivity contribution >= 4 is 34.3 Å². The summed E-state index contributed by atoms with van der Waals surface area (Å²) in [5.41, 5.74) is 0.550. The average Bonchev–Trinajstić information content (AvgIpc) is 3.60. The van der Waals surface area contributed by atoms with E-state index >= 15 is 0 Å². The summed E-state index contributed by atoms with van der Waals surface area (Å²) in [6.07, 6.45) is 1.01. The Morgan fingerprint density at radius 1 is 1.23 bits per heavy atom. The molecule has 2 N–H and O–H groups in total. The Balaban J connectivity index is 1.51. The van der Waals surface area contributed by atoms with Crippen LogP contribution < -0.4 is 5.32 Å². The summed E-state index contributed by atoms with van der Waals surface area (Å²) in [6, 6.07) is 10.9. The molecule has 0 unspecified atom stereocenters. The van der Waals surface area contributed by atoms with Gasteiger partial charge < -0.3 is 20.1 Å². The van der Waals surface area contributed by atoms with Crippen molar-refractivity contribution in [2.24, 2.45) is 5.92 Å². The minimum absolute atomic E-state index is 0.0166. The van der Waals surface area contributed by atoms with Crippen LogP contribution in [0.1, 0.15) is 56.1 Å². The zero-order valence-corrected chi connectivity index (χ0v) is 22.6. The molecule has 1 spiro atoms. The lowest BCUT2D eigenvalue weighted by atomic mass is 9.80. The van der Waals surface area contributed by atoms with E-state index in [4.69, 9.17) is 0 Å². The molecule has 208 valence electrons. The van der Waals surface area contributed by atoms with Crippen molar-refractivity contribution in [3.05, 3.63) is 65.4 Å². The Hall–Kier alpha value is -4.26. The summed E-state index contributed by atoms with van der Waals surface area (Å²) in [5, 5.41) is 13.0. The van der Waals surface area contributed by atoms with Gasteiger partial charge in [-0.25, -0.2) is 8.78 Å². The molecule has 1 aromatic heterocycles. The first-order chi connectivity index (χ1) is 19.1. The highest BCUT2D eigenvalue weighted by molar-refractivity contribution is 6.07. The number of aromatic amines is 1. The predicted octanol–water partition coefficient (Wildman–Crippen LogP) is 4.73. The summed E-state index contributed by atoms with van der Waals surface area (Å²) in [7, 11) is 0. The SMILES string of the molecule is CCCN(C(=O)c1cc2c(F)cc(F)cc2[nH]1)[C@@H](CC(C)C)C(=O)N1C[C@]2(C[C@H]1C#N)C(=O)Nc1ccccc12. The van der Waals surface area contributed by atoms with Gasteiger partial charge in [-0.3, -0.25) is 14.4 Å². The van der Waals surface area contributed by atoms with E-state index in [0.717, 1.165) is 17.7 Å². The number of rotatable bonds is 7. The van der Waals surface area contributed by atoms with Crippen molar-refractivity contribution in [3.8, 4) is 6.07 Å². The highest BCUT2D eigenvalue weighted by Crippen LogP contribution is 2.46. The molecule has 0 bridgehead atoms. The van der Waals surface area contributed by atoms with Gasteiger partial charge in [0, 0.05) is 36.7 Å². The van der Waals surface area contributed by atoms with Gasteiger partial charge in [0.2, 0.25) is 11.8 Å². The molecule has 0 aliphatic carbocycles. The highest BCUT2D eigenvalue weighted by atomic mass is 19.1. The number of amides is 3. The maximum atomic E-state index is 14.4. The Bertz CT molecular complexity index is 1540. The van der Waals surface area contributed by atoms with Crippen molar-refractivity contribution in [3.63, 3.8) is 0 Å². The molecule has 3 atom stereocenters. The number of aromatic nitrogens is 1. The molecule has 3 amide bonds. The number of hydrogen-bond donors (Lipinski definition) is 2. The predicted molar refractivity (Wildman–Crippen MR) is 145 cm³/mol. The molecule has 0 saturated carbocycles. The molecule has 1 saturated heterocycles. The Labute approximate surface area is 230 Å². The summed E-state index contributed by atoms with van der Waals surface area (Å²) in [6.45, 7) is 5.99. The lowest BCUT2D eigenvalue weighted by molar-refractivity contribution is -0.137. The van der Waals surface area contributed by atoms with Gasteiger partial charge in [0.1, 0.15) is 29.4 Å². The number of carbonyl (C=O) groups excluding carboxylic acids is 3. The van der Waals surface area contributed by atoms with E-state index in [1.165, 1.54) is 15.9 Å². The second-order valence-corrected chi connectivity index (χ2v) is 11.1. The number of hydrogen-bond acceptors (Lipinski definition) is 4. The lowest BCUT2D eigenvalue weighted by Crippen LogP contribution is -2.53. The largest absolute Gasteiger partial charge is 0.350 e. The second-order valence-electron chi connectivity index (χ2n) is 11.1. The maximum absolute atomic E-state index is 14.4. The van der Waals surface area contributed by atoms with E-state index in [2.05, 4.69) is 16.4 Å². The van der Waals surface area contributed by atoms with Crippen molar-refractivity contribution in [2.45, 2.75) is 57.5 Å². The van der Waals surface area contributed by atoms with Gasteiger partial charge in [-0.1, -0.05) is 39.0 Å². The van der Waals surface area contributed by atoms with Crippen LogP contribution in [0.3, 0.4) is 0 Å². The smallest absolute Gasteiger partial charge is 0.270 e. The molecule has 10 heteroatoms. The van der Waals surface area contributed by atoms with Gasteiger partial charge in [-0.2, -0.15) is 5.26 Å². The third kappa shape index (κ3) is 4.49. The summed E-state index contributed by atoms with van der Waals surface area (Å²) >= 11 is 0. The number of para-hydroxylation sites is 1. The molecule has 2 aliphatic rings. The number of fused-ring (bicyclic) bond motifs is 3. The lowest BCUT2D eigenvalue weighted by Gasteiger charge is -2.35. The first-order valence-corrected chi connectivity index (χ1v) is 13.5. The van der Waals surface area contributed by atoms with Gasteiger partial charge in [0.25, 0.3) is 5.91 Å². The minimum Gasteiger partial charge on any atom is -0.350 e. The van der Waals surface area contributed by atoms with E-state index in [1.54, 1.807) is 6.07 Å². The molecule has 5 rings (SSSR count). The molecule has 2 aliphatic heterocycles. The van der Waals surface area contributed by atoms with Crippen LogP contribution in [0, 0.1) is 28.9 Å². The molecule has 3 heterocycles. The van der Waals surface area contributed by atoms with Crippen LogP contribution in [0.25, 0.3) is 10.9 Å². The van der Waals surface area contributed by atoms with Crippen LogP contribution in [0.4, 0.5) is 14.5 Å². The first kappa shape index (κ1) is 27.3. The molecule has 40 heavy (non-hydrogen) atoms. The molecule has 1 fully saturated rings. The number of anilines is 1. The standard InChI is InChI=1S/C30H31F2N5O3/c1-4-9-36(27(38)25-13-20-22(32)11-18(31)12-24(20)34-25)26(10-17(2)3)28(39)37-16-30(14-19(37)15-33)21-7-5-6-8-23(21)35-29(30)40/h5-8,11-13,17,19,26,34H,4,9-10,14,16H2,1-3H3,(H,35,40)/t19-,26-,30-/m0/s1. The molecule has 8 nitrogen and oxygen atoms in total. The fraction of sp³-hybridized carbons (Fsp3) is 0.400. The van der Waals surface area contributed by atoms with Crippen LogP contribution in [0.5, 0.6) is 0 Å². The highest BCUT2D eigenvalue weighted by Gasteiger charge is 2.56. The number of likely N-dealkylation sites (tertiary alicyclic amines) is 1. The van der Waals surface area contributed by atoms with Crippen molar-refractivity contribution < 1.29 is 23.2 Å². The number of nitrogens with one attached hydrogen (secondary N) is 2. The number of H-pyrrole nitrogens is 1. The molecule has 2 aromatic carbocycles. The van der Waals surface area contributed by atoms with E-state index in [9.17, 15) is 28.4 Å². The summed E-state index contributed by atoms with van der Waals surface area (Å²) in [5.74, 6) is -2.74. The van der Waals surface area contributed by atoms with Gasteiger partial charge in [-0.15, -0.1) is 0 Å². The van der Waals surface area contributed by atoms with Gasteiger partial charge >= 0.3 is 0 Å². The van der Waals surface area contributed by atoms with Gasteiger partial charge in [0.05, 0.1) is 17.0 Å². The quantitative estimate of drug-likeness (QED) is 0.446. The van der Waals surface area contributed by atoms with Gasteiger partial charge in [-0.05, 0) is 42.5 Å². The van der Waals surface area contributed by atoms with E-state index in [-0.39, 0.29) is 47.9 Å². The van der Waals surface area contributed by atoms with Crippen LogP contribution in [0.2, 0.25) is 0 Å². The van der Waals surface area contributed by atoms with Crippen molar-refractivity contribution in [2.75, 3.05) is 18.4 Å². The maximum Gasteiger partial charge on any atom is 0.270 e. The van der Waals surface area contributed by atoms with E-state index < -0.39 is 40.9 Å². The van der Waals surface area contributed by atoms with Crippen LogP contribution >= 0.6 is 0 Å². The molecular weight excluding hydrogens is 516 g/mol. The minimum atomic E-state index is -1.05. The summed E-state index contributed by atoms with van der Waals surface area (Å²) < 4.78 is 28.2. The molecule has 0 radical (unpaired) electrons. The van der Waals surface area contributed by atoms with E-state index in [1.807, 2.05) is 39.0 Å². The van der Waals surface area contributed by atoms with Crippen LogP contribution in [-0.4, -0.2) is 57.7 Å². The first-order valence-electron chi connectivity index (χ1n) is 13.5. The monoisotopic (exact) mass is 547 g/mol. The van der Waals surface area contributed by atoms with Crippen molar-refractivity contribution in [1.82, 2.24) is 14.8 Å². The average molecular weight is 548 g/mol. The van der Waals surface area contributed by atoms with Gasteiger partial charge in [0.15, 0.2) is 0 Å². The number of nitriles is 1. The number of carbonyl (C=O) groups is 3. The van der Waals surface area contributed by atoms with Crippen molar-refractivity contribution in [1.29, 1.82) is 5.26 Å². The normalized spacial score (nSPS) is 20.6. The van der Waals surface area contributed by atoms with Crippen LogP contribution in [-0.2, 0) is 15.0 Å². The fourth-order valence-corrected chi connectivity index (χ4v) is 6.06. The third-order valence-corrected chi connectivity index (χ3v) is 7.88.